The average molecular weight is 232 g/mol. The van der Waals surface area contributed by atoms with Gasteiger partial charge in [-0.25, -0.2) is 0 Å². The van der Waals surface area contributed by atoms with Crippen molar-refractivity contribution in [2.75, 3.05) is 5.73 Å². The Hall–Kier alpha value is -2.37. The Labute approximate surface area is 97.8 Å². The molecule has 6 heteroatoms. The van der Waals surface area contributed by atoms with Crippen molar-refractivity contribution in [3.8, 4) is 0 Å². The van der Waals surface area contributed by atoms with Crippen molar-refractivity contribution in [3.63, 3.8) is 0 Å². The lowest BCUT2D eigenvalue weighted by molar-refractivity contribution is -0.390. The summed E-state index contributed by atoms with van der Waals surface area (Å²) in [5.74, 6) is -0.103. The molecule has 0 unspecified atom stereocenters. The highest BCUT2D eigenvalue weighted by Gasteiger charge is 2.16. The molecule has 0 spiro atoms. The van der Waals surface area contributed by atoms with Crippen molar-refractivity contribution in [2.45, 2.75) is 13.5 Å². The summed E-state index contributed by atoms with van der Waals surface area (Å²) in [6.07, 6.45) is 1.65. The number of aryl methyl sites for hydroxylation is 1. The fraction of sp³-hybridized carbons (Fsp3) is 0.182. The van der Waals surface area contributed by atoms with Crippen LogP contribution in [0.3, 0.4) is 0 Å². The summed E-state index contributed by atoms with van der Waals surface area (Å²) in [5.41, 5.74) is 7.84. The molecular formula is C11H12N4O2. The van der Waals surface area contributed by atoms with Crippen molar-refractivity contribution < 1.29 is 4.92 Å². The minimum absolute atomic E-state index is 0.103. The van der Waals surface area contributed by atoms with Crippen molar-refractivity contribution in [2.24, 2.45) is 0 Å². The number of hydrogen-bond acceptors (Lipinski definition) is 4. The molecule has 88 valence electrons. The summed E-state index contributed by atoms with van der Waals surface area (Å²) in [4.78, 5) is 10.2. The van der Waals surface area contributed by atoms with E-state index >= 15 is 0 Å². The number of benzene rings is 1. The van der Waals surface area contributed by atoms with Crippen LogP contribution >= 0.6 is 0 Å². The van der Waals surface area contributed by atoms with Gasteiger partial charge in [0.2, 0.25) is 0 Å². The minimum atomic E-state index is -0.481. The van der Waals surface area contributed by atoms with Gasteiger partial charge in [0.25, 0.3) is 0 Å². The van der Waals surface area contributed by atoms with Crippen LogP contribution in [0.25, 0.3) is 0 Å². The molecule has 1 aromatic heterocycles. The number of hydrogen-bond donors (Lipinski definition) is 1. The van der Waals surface area contributed by atoms with Gasteiger partial charge < -0.3 is 15.8 Å². The van der Waals surface area contributed by atoms with Crippen molar-refractivity contribution in [1.82, 2.24) is 9.78 Å². The Morgan fingerprint density at radius 1 is 1.53 bits per heavy atom. The lowest BCUT2D eigenvalue weighted by atomic mass is 10.2. The third-order valence-corrected chi connectivity index (χ3v) is 2.39. The second-order valence-electron chi connectivity index (χ2n) is 3.84. The number of nitrogens with two attached hydrogens (primary N) is 1. The lowest BCUT2D eigenvalue weighted by Crippen LogP contribution is -2.01. The molecule has 0 saturated heterocycles. The molecule has 0 atom stereocenters. The maximum Gasteiger partial charge on any atom is 0.392 e. The first-order chi connectivity index (χ1) is 8.06. The van der Waals surface area contributed by atoms with E-state index in [0.717, 1.165) is 5.56 Å². The van der Waals surface area contributed by atoms with Crippen molar-refractivity contribution >= 4 is 11.5 Å². The Bertz CT molecular complexity index is 562. The van der Waals surface area contributed by atoms with E-state index in [1.165, 1.54) is 0 Å². The first-order valence-electron chi connectivity index (χ1n) is 5.09. The summed E-state index contributed by atoms with van der Waals surface area (Å²) in [7, 11) is 0. The van der Waals surface area contributed by atoms with Crippen LogP contribution in [-0.2, 0) is 6.54 Å². The summed E-state index contributed by atoms with van der Waals surface area (Å²) in [6.45, 7) is 2.14. The highest BCUT2D eigenvalue weighted by Crippen LogP contribution is 2.15. The number of anilines is 1. The molecule has 17 heavy (non-hydrogen) atoms. The molecule has 0 aliphatic heterocycles. The SMILES string of the molecule is Cc1cn(Cc2cccc(N)c2)nc1[N+](=O)[O-]. The van der Waals surface area contributed by atoms with Gasteiger partial charge in [-0.1, -0.05) is 12.1 Å². The zero-order valence-electron chi connectivity index (χ0n) is 9.33. The predicted octanol–water partition coefficient (Wildman–Crippen LogP) is 1.73. The van der Waals surface area contributed by atoms with Crippen molar-refractivity contribution in [1.29, 1.82) is 0 Å². The second-order valence-corrected chi connectivity index (χ2v) is 3.84. The molecule has 2 aromatic rings. The van der Waals surface area contributed by atoms with Crippen LogP contribution in [0.5, 0.6) is 0 Å². The van der Waals surface area contributed by atoms with Gasteiger partial charge >= 0.3 is 5.82 Å². The Morgan fingerprint density at radius 2 is 2.29 bits per heavy atom. The van der Waals surface area contributed by atoms with E-state index in [9.17, 15) is 10.1 Å². The van der Waals surface area contributed by atoms with Crippen LogP contribution in [0.4, 0.5) is 11.5 Å². The maximum atomic E-state index is 10.7. The van der Waals surface area contributed by atoms with E-state index in [1.807, 2.05) is 18.2 Å². The van der Waals surface area contributed by atoms with E-state index in [0.29, 0.717) is 17.8 Å². The molecule has 2 rings (SSSR count). The van der Waals surface area contributed by atoms with E-state index in [-0.39, 0.29) is 5.82 Å². The van der Waals surface area contributed by atoms with Gasteiger partial charge in [-0.2, -0.15) is 4.68 Å². The molecule has 2 N–H and O–H groups in total. The van der Waals surface area contributed by atoms with Gasteiger partial charge in [-0.15, -0.1) is 0 Å². The van der Waals surface area contributed by atoms with E-state index in [4.69, 9.17) is 5.73 Å². The lowest BCUT2D eigenvalue weighted by Gasteiger charge is -1.99. The third-order valence-electron chi connectivity index (χ3n) is 2.39. The van der Waals surface area contributed by atoms with Crippen LogP contribution in [0.1, 0.15) is 11.1 Å². The molecule has 0 bridgehead atoms. The van der Waals surface area contributed by atoms with Gasteiger partial charge in [0, 0.05) is 5.69 Å². The first kappa shape index (κ1) is 11.1. The van der Waals surface area contributed by atoms with Crippen LogP contribution in [-0.4, -0.2) is 14.7 Å². The quantitative estimate of drug-likeness (QED) is 0.496. The third kappa shape index (κ3) is 2.41. The maximum absolute atomic E-state index is 10.7. The number of nitrogen functional groups attached to an aromatic ring is 1. The van der Waals surface area contributed by atoms with Gasteiger partial charge in [-0.05, 0) is 29.5 Å². The van der Waals surface area contributed by atoms with Gasteiger partial charge in [-0.3, -0.25) is 0 Å². The number of aromatic nitrogens is 2. The van der Waals surface area contributed by atoms with E-state index < -0.39 is 4.92 Å². The molecular weight excluding hydrogens is 220 g/mol. The largest absolute Gasteiger partial charge is 0.399 e. The predicted molar refractivity (Wildman–Crippen MR) is 63.6 cm³/mol. The molecule has 6 nitrogen and oxygen atoms in total. The normalized spacial score (nSPS) is 10.4. The molecule has 0 saturated carbocycles. The topological polar surface area (TPSA) is 87.0 Å². The minimum Gasteiger partial charge on any atom is -0.399 e. The highest BCUT2D eigenvalue weighted by molar-refractivity contribution is 5.40. The molecule has 1 heterocycles. The molecule has 1 aromatic carbocycles. The van der Waals surface area contributed by atoms with Crippen LogP contribution in [0.15, 0.2) is 30.5 Å². The fourth-order valence-electron chi connectivity index (χ4n) is 1.65. The standard InChI is InChI=1S/C11H12N4O2/c1-8-6-14(13-11(8)15(16)17)7-9-3-2-4-10(12)5-9/h2-6H,7,12H2,1H3. The summed E-state index contributed by atoms with van der Waals surface area (Å²) >= 11 is 0. The number of nitrogens with zero attached hydrogens (tertiary/aromatic N) is 3. The van der Waals surface area contributed by atoms with E-state index in [2.05, 4.69) is 5.10 Å². The fourth-order valence-corrected chi connectivity index (χ4v) is 1.65. The van der Waals surface area contributed by atoms with E-state index in [1.54, 1.807) is 23.9 Å². The Morgan fingerprint density at radius 3 is 2.88 bits per heavy atom. The molecule has 0 fully saturated rings. The van der Waals surface area contributed by atoms with Crippen molar-refractivity contribution in [3.05, 3.63) is 51.7 Å². The molecule has 0 aliphatic rings. The summed E-state index contributed by atoms with van der Waals surface area (Å²) in [6, 6.07) is 7.36. The van der Waals surface area contributed by atoms with Crippen LogP contribution in [0, 0.1) is 17.0 Å². The number of rotatable bonds is 3. The summed E-state index contributed by atoms with van der Waals surface area (Å²) in [5, 5.41) is 14.6. The Balaban J connectivity index is 2.25. The van der Waals surface area contributed by atoms with Gasteiger partial charge in [0.15, 0.2) is 0 Å². The monoisotopic (exact) mass is 232 g/mol. The molecule has 0 radical (unpaired) electrons. The molecule has 0 aliphatic carbocycles. The summed E-state index contributed by atoms with van der Waals surface area (Å²) < 4.78 is 1.54. The first-order valence-corrected chi connectivity index (χ1v) is 5.09. The second kappa shape index (κ2) is 4.25. The average Bonchev–Trinajstić information content (AvgIpc) is 2.59. The Kier molecular flexibility index (Phi) is 2.78. The highest BCUT2D eigenvalue weighted by atomic mass is 16.6. The van der Waals surface area contributed by atoms with Crippen LogP contribution in [0.2, 0.25) is 0 Å². The molecule has 0 amide bonds. The zero-order valence-corrected chi connectivity index (χ0v) is 9.33. The van der Waals surface area contributed by atoms with Gasteiger partial charge in [0.1, 0.15) is 0 Å². The van der Waals surface area contributed by atoms with Crippen LogP contribution < -0.4 is 5.73 Å². The van der Waals surface area contributed by atoms with Gasteiger partial charge in [0.05, 0.1) is 23.4 Å². The number of nitro groups is 1. The smallest absolute Gasteiger partial charge is 0.392 e. The zero-order chi connectivity index (χ0) is 12.4.